The van der Waals surface area contributed by atoms with Gasteiger partial charge in [0.05, 0.1) is 5.56 Å². The van der Waals surface area contributed by atoms with Crippen LogP contribution in [0.5, 0.6) is 0 Å². The van der Waals surface area contributed by atoms with E-state index in [0.717, 1.165) is 24.8 Å². The van der Waals surface area contributed by atoms with Gasteiger partial charge in [0.25, 0.3) is 0 Å². The van der Waals surface area contributed by atoms with E-state index in [0.29, 0.717) is 23.0 Å². The van der Waals surface area contributed by atoms with Crippen LogP contribution in [0, 0.1) is 23.2 Å². The molecule has 0 aromatic carbocycles. The number of fused-ring (bicyclic) bond motifs is 1. The average molecular weight is 277 g/mol. The maximum Gasteiger partial charge on any atom is 0.229 e. The number of nitriles is 1. The second-order valence-corrected chi connectivity index (χ2v) is 6.40. The van der Waals surface area contributed by atoms with Crippen molar-refractivity contribution >= 4 is 22.2 Å². The maximum absolute atomic E-state index is 11.9. The first kappa shape index (κ1) is 14.0. The molecule has 4 nitrogen and oxygen atoms in total. The maximum atomic E-state index is 11.9. The van der Waals surface area contributed by atoms with Crippen molar-refractivity contribution in [3.05, 3.63) is 16.0 Å². The first-order chi connectivity index (χ1) is 9.06. The Bertz CT molecular complexity index is 530. The summed E-state index contributed by atoms with van der Waals surface area (Å²) in [6.45, 7) is 4.33. The predicted molar refractivity (Wildman–Crippen MR) is 77.1 cm³/mol. The van der Waals surface area contributed by atoms with Crippen molar-refractivity contribution in [2.24, 2.45) is 17.6 Å². The molecule has 1 aliphatic carbocycles. The number of carbonyl (C=O) groups is 1. The van der Waals surface area contributed by atoms with Crippen molar-refractivity contribution in [2.75, 3.05) is 11.9 Å². The van der Waals surface area contributed by atoms with Gasteiger partial charge >= 0.3 is 0 Å². The molecule has 1 aromatic rings. The zero-order valence-corrected chi connectivity index (χ0v) is 12.1. The Morgan fingerprint density at radius 1 is 1.68 bits per heavy atom. The number of thiophene rings is 1. The van der Waals surface area contributed by atoms with Crippen LogP contribution in [0.25, 0.3) is 0 Å². The molecular weight excluding hydrogens is 258 g/mol. The quantitative estimate of drug-likeness (QED) is 0.889. The molecule has 0 saturated carbocycles. The molecule has 2 atom stereocenters. The summed E-state index contributed by atoms with van der Waals surface area (Å²) in [5.41, 5.74) is 7.29. The lowest BCUT2D eigenvalue weighted by Crippen LogP contribution is -2.26. The molecular formula is C14H19N3OS. The summed E-state index contributed by atoms with van der Waals surface area (Å²) in [6, 6.07) is 2.25. The van der Waals surface area contributed by atoms with Gasteiger partial charge < -0.3 is 11.1 Å². The minimum absolute atomic E-state index is 0.106. The summed E-state index contributed by atoms with van der Waals surface area (Å²) in [4.78, 5) is 13.2. The van der Waals surface area contributed by atoms with E-state index in [9.17, 15) is 10.1 Å². The Morgan fingerprint density at radius 3 is 3.05 bits per heavy atom. The normalized spacial score (nSPS) is 19.4. The van der Waals surface area contributed by atoms with Gasteiger partial charge in [0.15, 0.2) is 0 Å². The van der Waals surface area contributed by atoms with Crippen LogP contribution < -0.4 is 11.1 Å². The standard InChI is InChI=1S/C14H19N3OS/c1-8-3-4-10-11(7-16)14(19-12(10)5-8)17-13(18)9(2)6-15/h8-9H,3-6,15H2,1-2H3,(H,17,18). The summed E-state index contributed by atoms with van der Waals surface area (Å²) in [5.74, 6) is 0.319. The van der Waals surface area contributed by atoms with Crippen LogP contribution in [-0.2, 0) is 17.6 Å². The van der Waals surface area contributed by atoms with E-state index in [4.69, 9.17) is 5.73 Å². The SMILES string of the molecule is CC1CCc2c(sc(NC(=O)C(C)CN)c2C#N)C1. The van der Waals surface area contributed by atoms with E-state index in [1.54, 1.807) is 18.3 Å². The molecule has 1 aliphatic rings. The zero-order chi connectivity index (χ0) is 14.0. The minimum Gasteiger partial charge on any atom is -0.330 e. The van der Waals surface area contributed by atoms with Gasteiger partial charge in [0, 0.05) is 17.3 Å². The second kappa shape index (κ2) is 5.72. The predicted octanol–water partition coefficient (Wildman–Crippen LogP) is 2.28. The fourth-order valence-electron chi connectivity index (χ4n) is 2.30. The second-order valence-electron chi connectivity index (χ2n) is 5.29. The van der Waals surface area contributed by atoms with Crippen LogP contribution in [-0.4, -0.2) is 12.5 Å². The molecule has 5 heteroatoms. The van der Waals surface area contributed by atoms with E-state index in [1.807, 2.05) is 0 Å². The van der Waals surface area contributed by atoms with Crippen molar-refractivity contribution in [2.45, 2.75) is 33.1 Å². The summed E-state index contributed by atoms with van der Waals surface area (Å²) < 4.78 is 0. The summed E-state index contributed by atoms with van der Waals surface area (Å²) in [5, 5.41) is 12.9. The number of anilines is 1. The van der Waals surface area contributed by atoms with Gasteiger partial charge in [-0.25, -0.2) is 0 Å². The lowest BCUT2D eigenvalue weighted by atomic mass is 9.88. The molecule has 1 heterocycles. The molecule has 0 fully saturated rings. The molecule has 0 bridgehead atoms. The molecule has 2 rings (SSSR count). The molecule has 0 aliphatic heterocycles. The molecule has 102 valence electrons. The van der Waals surface area contributed by atoms with Gasteiger partial charge in [-0.3, -0.25) is 4.79 Å². The highest BCUT2D eigenvalue weighted by Gasteiger charge is 2.25. The van der Waals surface area contributed by atoms with Crippen LogP contribution >= 0.6 is 11.3 Å². The monoisotopic (exact) mass is 277 g/mol. The van der Waals surface area contributed by atoms with Gasteiger partial charge in [0.1, 0.15) is 11.1 Å². The van der Waals surface area contributed by atoms with E-state index in [2.05, 4.69) is 18.3 Å². The van der Waals surface area contributed by atoms with E-state index < -0.39 is 0 Å². The number of nitrogens with one attached hydrogen (secondary N) is 1. The number of carbonyl (C=O) groups excluding carboxylic acids is 1. The lowest BCUT2D eigenvalue weighted by molar-refractivity contribution is -0.119. The third kappa shape index (κ3) is 2.80. The fraction of sp³-hybridized carbons (Fsp3) is 0.571. The third-order valence-corrected chi connectivity index (χ3v) is 4.83. The molecule has 0 radical (unpaired) electrons. The van der Waals surface area contributed by atoms with Crippen LogP contribution in [0.3, 0.4) is 0 Å². The van der Waals surface area contributed by atoms with Crippen molar-refractivity contribution in [1.82, 2.24) is 0 Å². The summed E-state index contributed by atoms with van der Waals surface area (Å²) >= 11 is 1.55. The summed E-state index contributed by atoms with van der Waals surface area (Å²) in [6.07, 6.45) is 3.07. The largest absolute Gasteiger partial charge is 0.330 e. The van der Waals surface area contributed by atoms with E-state index in [-0.39, 0.29) is 11.8 Å². The highest BCUT2D eigenvalue weighted by atomic mass is 32.1. The van der Waals surface area contributed by atoms with Crippen LogP contribution in [0.1, 0.15) is 36.3 Å². The number of amides is 1. The highest BCUT2D eigenvalue weighted by molar-refractivity contribution is 7.16. The summed E-state index contributed by atoms with van der Waals surface area (Å²) in [7, 11) is 0. The molecule has 1 aromatic heterocycles. The molecule has 0 spiro atoms. The Hall–Kier alpha value is -1.38. The molecule has 3 N–H and O–H groups in total. The van der Waals surface area contributed by atoms with Crippen molar-refractivity contribution < 1.29 is 4.79 Å². The third-order valence-electron chi connectivity index (χ3n) is 3.66. The van der Waals surface area contributed by atoms with Gasteiger partial charge in [0.2, 0.25) is 5.91 Å². The molecule has 0 saturated heterocycles. The Balaban J connectivity index is 2.27. The Kier molecular flexibility index (Phi) is 4.23. The average Bonchev–Trinajstić information content (AvgIpc) is 2.73. The van der Waals surface area contributed by atoms with Gasteiger partial charge in [-0.1, -0.05) is 13.8 Å². The van der Waals surface area contributed by atoms with Crippen LogP contribution in [0.4, 0.5) is 5.00 Å². The van der Waals surface area contributed by atoms with Gasteiger partial charge in [-0.15, -0.1) is 11.3 Å². The highest BCUT2D eigenvalue weighted by Crippen LogP contribution is 2.39. The van der Waals surface area contributed by atoms with E-state index in [1.165, 1.54) is 4.88 Å². The molecule has 1 amide bonds. The topological polar surface area (TPSA) is 78.9 Å². The van der Waals surface area contributed by atoms with Crippen LogP contribution in [0.15, 0.2) is 0 Å². The van der Waals surface area contributed by atoms with Gasteiger partial charge in [-0.05, 0) is 30.7 Å². The smallest absolute Gasteiger partial charge is 0.229 e. The number of nitrogens with two attached hydrogens (primary N) is 1. The molecule has 19 heavy (non-hydrogen) atoms. The Labute approximate surface area is 117 Å². The fourth-order valence-corrected chi connectivity index (χ4v) is 3.66. The number of hydrogen-bond acceptors (Lipinski definition) is 4. The lowest BCUT2D eigenvalue weighted by Gasteiger charge is -2.17. The Morgan fingerprint density at radius 2 is 2.42 bits per heavy atom. The first-order valence-corrected chi connectivity index (χ1v) is 7.44. The van der Waals surface area contributed by atoms with E-state index >= 15 is 0 Å². The van der Waals surface area contributed by atoms with Crippen LogP contribution in [0.2, 0.25) is 0 Å². The first-order valence-electron chi connectivity index (χ1n) is 6.62. The number of nitrogens with zero attached hydrogens (tertiary/aromatic N) is 1. The zero-order valence-electron chi connectivity index (χ0n) is 11.3. The van der Waals surface area contributed by atoms with Crippen molar-refractivity contribution in [3.63, 3.8) is 0 Å². The number of rotatable bonds is 3. The van der Waals surface area contributed by atoms with Crippen molar-refractivity contribution in [3.8, 4) is 6.07 Å². The molecule has 2 unspecified atom stereocenters. The number of hydrogen-bond donors (Lipinski definition) is 2. The van der Waals surface area contributed by atoms with Crippen molar-refractivity contribution in [1.29, 1.82) is 5.26 Å². The minimum atomic E-state index is -0.232. The van der Waals surface area contributed by atoms with Gasteiger partial charge in [-0.2, -0.15) is 5.26 Å².